The van der Waals surface area contributed by atoms with Crippen LogP contribution in [0.5, 0.6) is 0 Å². The molecule has 0 N–H and O–H groups in total. The van der Waals surface area contributed by atoms with Gasteiger partial charge in [-0.2, -0.15) is 0 Å². The second-order valence-corrected chi connectivity index (χ2v) is 6.49. The Bertz CT molecular complexity index is 738. The van der Waals surface area contributed by atoms with Gasteiger partial charge in [0, 0.05) is 19.5 Å². The number of aryl methyl sites for hydroxylation is 1. The van der Waals surface area contributed by atoms with E-state index in [-0.39, 0.29) is 11.5 Å². The van der Waals surface area contributed by atoms with Gasteiger partial charge in [-0.1, -0.05) is 19.9 Å². The van der Waals surface area contributed by atoms with Gasteiger partial charge < -0.3 is 9.47 Å². The number of fused-ring (bicyclic) bond motifs is 1. The summed E-state index contributed by atoms with van der Waals surface area (Å²) in [5.41, 5.74) is 0.918. The molecule has 1 aliphatic rings. The third-order valence-corrected chi connectivity index (χ3v) is 4.06. The zero-order chi connectivity index (χ0) is 16.6. The highest BCUT2D eigenvalue weighted by Gasteiger charge is 2.26. The molecule has 1 aliphatic heterocycles. The molecular weight excluding hydrogens is 295 g/mol. The largest absolute Gasteiger partial charge is 0.329 e. The minimum atomic E-state index is -0.470. The summed E-state index contributed by atoms with van der Waals surface area (Å²) >= 11 is 0. The number of halogens is 1. The molecule has 1 aromatic heterocycles. The van der Waals surface area contributed by atoms with Gasteiger partial charge in [0.2, 0.25) is 0 Å². The highest BCUT2D eigenvalue weighted by atomic mass is 19.1. The number of hydrogen-bond donors (Lipinski definition) is 0. The van der Waals surface area contributed by atoms with Crippen LogP contribution in [0.4, 0.5) is 4.39 Å². The maximum absolute atomic E-state index is 14.0. The SMILES string of the molecule is Cc1ccc(C(=O)N2CCn3c(CC(C)C)nnc3C2)c(F)c1. The lowest BCUT2D eigenvalue weighted by Crippen LogP contribution is -2.39. The molecule has 3 rings (SSSR count). The van der Waals surface area contributed by atoms with Gasteiger partial charge in [-0.25, -0.2) is 4.39 Å². The fourth-order valence-corrected chi connectivity index (χ4v) is 2.87. The normalized spacial score (nSPS) is 14.2. The van der Waals surface area contributed by atoms with Crippen molar-refractivity contribution in [2.24, 2.45) is 5.92 Å². The van der Waals surface area contributed by atoms with Crippen LogP contribution in [0, 0.1) is 18.7 Å². The molecule has 2 heterocycles. The van der Waals surface area contributed by atoms with Crippen molar-refractivity contribution in [2.45, 2.75) is 40.3 Å². The van der Waals surface area contributed by atoms with E-state index in [1.54, 1.807) is 24.0 Å². The molecule has 0 saturated carbocycles. The van der Waals surface area contributed by atoms with Crippen LogP contribution in [0.2, 0.25) is 0 Å². The average Bonchev–Trinajstić information content (AvgIpc) is 2.88. The van der Waals surface area contributed by atoms with E-state index < -0.39 is 5.82 Å². The molecule has 0 atom stereocenters. The van der Waals surface area contributed by atoms with Crippen molar-refractivity contribution in [1.82, 2.24) is 19.7 Å². The Kier molecular flexibility index (Phi) is 4.15. The molecule has 1 aromatic carbocycles. The van der Waals surface area contributed by atoms with Crippen molar-refractivity contribution in [2.75, 3.05) is 6.54 Å². The second kappa shape index (κ2) is 6.10. The molecule has 0 fully saturated rings. The monoisotopic (exact) mass is 316 g/mol. The van der Waals surface area contributed by atoms with E-state index in [0.29, 0.717) is 25.6 Å². The first-order valence-corrected chi connectivity index (χ1v) is 7.92. The van der Waals surface area contributed by atoms with E-state index in [1.165, 1.54) is 6.07 Å². The van der Waals surface area contributed by atoms with E-state index in [4.69, 9.17) is 0 Å². The highest BCUT2D eigenvalue weighted by Crippen LogP contribution is 2.19. The molecule has 0 saturated heterocycles. The van der Waals surface area contributed by atoms with Crippen molar-refractivity contribution in [3.63, 3.8) is 0 Å². The standard InChI is InChI=1S/C17H21FN4O/c1-11(2)8-15-19-20-16-10-21(6-7-22(15)16)17(23)13-5-4-12(3)9-14(13)18/h4-5,9,11H,6-8,10H2,1-3H3. The van der Waals surface area contributed by atoms with Crippen LogP contribution in [-0.2, 0) is 19.5 Å². The molecule has 6 heteroatoms. The summed E-state index contributed by atoms with van der Waals surface area (Å²) < 4.78 is 16.1. The first kappa shape index (κ1) is 15.6. The zero-order valence-corrected chi connectivity index (χ0v) is 13.7. The number of carbonyl (C=O) groups is 1. The van der Waals surface area contributed by atoms with Gasteiger partial charge in [0.25, 0.3) is 5.91 Å². The van der Waals surface area contributed by atoms with Crippen molar-refractivity contribution in [1.29, 1.82) is 0 Å². The molecule has 0 unspecified atom stereocenters. The first-order chi connectivity index (χ1) is 11.0. The number of amides is 1. The van der Waals surface area contributed by atoms with E-state index in [1.807, 2.05) is 0 Å². The maximum atomic E-state index is 14.0. The Morgan fingerprint density at radius 2 is 2.09 bits per heavy atom. The number of benzene rings is 1. The summed E-state index contributed by atoms with van der Waals surface area (Å²) in [5, 5.41) is 8.43. The molecule has 0 aliphatic carbocycles. The number of aromatic nitrogens is 3. The molecule has 23 heavy (non-hydrogen) atoms. The zero-order valence-electron chi connectivity index (χ0n) is 13.7. The van der Waals surface area contributed by atoms with Crippen molar-refractivity contribution in [3.05, 3.63) is 46.8 Å². The van der Waals surface area contributed by atoms with Crippen molar-refractivity contribution < 1.29 is 9.18 Å². The minimum Gasteiger partial charge on any atom is -0.329 e. The summed E-state index contributed by atoms with van der Waals surface area (Å²) in [6.07, 6.45) is 0.869. The Morgan fingerprint density at radius 3 is 2.78 bits per heavy atom. The summed E-state index contributed by atoms with van der Waals surface area (Å²) in [7, 11) is 0. The van der Waals surface area contributed by atoms with Crippen molar-refractivity contribution in [3.8, 4) is 0 Å². The Hall–Kier alpha value is -2.24. The van der Waals surface area contributed by atoms with Crippen LogP contribution < -0.4 is 0 Å². The quantitative estimate of drug-likeness (QED) is 0.874. The van der Waals surface area contributed by atoms with Crippen LogP contribution in [0.25, 0.3) is 0 Å². The minimum absolute atomic E-state index is 0.117. The lowest BCUT2D eigenvalue weighted by atomic mass is 10.1. The average molecular weight is 316 g/mol. The van der Waals surface area contributed by atoms with Gasteiger partial charge >= 0.3 is 0 Å². The predicted molar refractivity (Wildman–Crippen MR) is 84.4 cm³/mol. The van der Waals surface area contributed by atoms with E-state index in [9.17, 15) is 9.18 Å². The first-order valence-electron chi connectivity index (χ1n) is 7.92. The van der Waals surface area contributed by atoms with Crippen LogP contribution in [-0.4, -0.2) is 32.1 Å². The Balaban J connectivity index is 1.79. The summed E-state index contributed by atoms with van der Waals surface area (Å²) in [6, 6.07) is 4.69. The smallest absolute Gasteiger partial charge is 0.257 e. The highest BCUT2D eigenvalue weighted by molar-refractivity contribution is 5.94. The third-order valence-electron chi connectivity index (χ3n) is 4.06. The van der Waals surface area contributed by atoms with Crippen LogP contribution in [0.15, 0.2) is 18.2 Å². The molecule has 0 bridgehead atoms. The molecular formula is C17H21FN4O. The van der Waals surface area contributed by atoms with Crippen LogP contribution in [0.1, 0.15) is 41.4 Å². The maximum Gasteiger partial charge on any atom is 0.257 e. The molecule has 5 nitrogen and oxygen atoms in total. The molecule has 0 radical (unpaired) electrons. The van der Waals surface area contributed by atoms with Gasteiger partial charge in [-0.15, -0.1) is 10.2 Å². The van der Waals surface area contributed by atoms with E-state index in [0.717, 1.165) is 23.6 Å². The number of rotatable bonds is 3. The summed E-state index contributed by atoms with van der Waals surface area (Å²) in [5.74, 6) is 1.48. The van der Waals surface area contributed by atoms with Crippen LogP contribution in [0.3, 0.4) is 0 Å². The van der Waals surface area contributed by atoms with Gasteiger partial charge in [-0.05, 0) is 30.5 Å². The summed E-state index contributed by atoms with van der Waals surface area (Å²) in [4.78, 5) is 14.2. The molecule has 1 amide bonds. The van der Waals surface area contributed by atoms with Gasteiger partial charge in [0.15, 0.2) is 5.82 Å². The van der Waals surface area contributed by atoms with Crippen LogP contribution >= 0.6 is 0 Å². The lowest BCUT2D eigenvalue weighted by Gasteiger charge is -2.28. The topological polar surface area (TPSA) is 51.0 Å². The fraction of sp³-hybridized carbons (Fsp3) is 0.471. The van der Waals surface area contributed by atoms with Gasteiger partial charge in [0.1, 0.15) is 11.6 Å². The third kappa shape index (κ3) is 3.11. The number of carbonyl (C=O) groups excluding carboxylic acids is 1. The fourth-order valence-electron chi connectivity index (χ4n) is 2.87. The molecule has 2 aromatic rings. The molecule has 122 valence electrons. The molecule has 0 spiro atoms. The van der Waals surface area contributed by atoms with Crippen molar-refractivity contribution >= 4 is 5.91 Å². The number of hydrogen-bond acceptors (Lipinski definition) is 3. The summed E-state index contributed by atoms with van der Waals surface area (Å²) in [6.45, 7) is 7.65. The van der Waals surface area contributed by atoms with E-state index >= 15 is 0 Å². The van der Waals surface area contributed by atoms with Gasteiger partial charge in [-0.3, -0.25) is 4.79 Å². The Morgan fingerprint density at radius 1 is 1.30 bits per heavy atom. The predicted octanol–water partition coefficient (Wildman–Crippen LogP) is 2.58. The lowest BCUT2D eigenvalue weighted by molar-refractivity contribution is 0.0701. The van der Waals surface area contributed by atoms with E-state index in [2.05, 4.69) is 28.6 Å². The van der Waals surface area contributed by atoms with Gasteiger partial charge in [0.05, 0.1) is 12.1 Å². The second-order valence-electron chi connectivity index (χ2n) is 6.49. The Labute approximate surface area is 135 Å². The number of nitrogens with zero attached hydrogens (tertiary/aromatic N) is 4.